The van der Waals surface area contributed by atoms with Gasteiger partial charge in [0, 0.05) is 19.6 Å². The van der Waals surface area contributed by atoms with Crippen molar-refractivity contribution in [3.05, 3.63) is 28.3 Å². The molecule has 0 amide bonds. The van der Waals surface area contributed by atoms with Crippen molar-refractivity contribution in [1.82, 2.24) is 0 Å². The molecule has 1 aromatic rings. The quantitative estimate of drug-likeness (QED) is 0.632. The number of nitrogens with two attached hydrogens (primary N) is 1. The monoisotopic (exact) mass is 295 g/mol. The van der Waals surface area contributed by atoms with E-state index in [2.05, 4.69) is 0 Å². The smallest absolute Gasteiger partial charge is 0.333 e. The van der Waals surface area contributed by atoms with E-state index < -0.39 is 0 Å². The number of nitro groups is 1. The highest BCUT2D eigenvalue weighted by Crippen LogP contribution is 2.37. The van der Waals surface area contributed by atoms with Gasteiger partial charge in [0.15, 0.2) is 5.75 Å². The lowest BCUT2D eigenvalue weighted by molar-refractivity contribution is -0.385. The molecule has 0 bridgehead atoms. The summed E-state index contributed by atoms with van der Waals surface area (Å²) >= 11 is 0. The number of nitrogens with zero attached hydrogens (tertiary/aromatic N) is 2. The lowest BCUT2D eigenvalue weighted by Crippen LogP contribution is -2.45. The Bertz CT molecular complexity index is 495. The van der Waals surface area contributed by atoms with Gasteiger partial charge in [-0.15, -0.1) is 0 Å². The molecule has 0 saturated carbocycles. The summed E-state index contributed by atoms with van der Waals surface area (Å²) in [6.45, 7) is 4.49. The fourth-order valence-corrected chi connectivity index (χ4v) is 2.36. The maximum Gasteiger partial charge on any atom is 0.333 e. The number of hydrogen-bond acceptors (Lipinski definition) is 6. The zero-order valence-corrected chi connectivity index (χ0v) is 12.2. The van der Waals surface area contributed by atoms with Crippen molar-refractivity contribution in [1.29, 1.82) is 0 Å². The van der Waals surface area contributed by atoms with Crippen molar-refractivity contribution < 1.29 is 14.4 Å². The fraction of sp³-hybridized carbons (Fsp3) is 0.571. The second-order valence-electron chi connectivity index (χ2n) is 4.90. The zero-order valence-electron chi connectivity index (χ0n) is 12.2. The molecule has 0 spiro atoms. The normalized spacial score (nSPS) is 18.6. The van der Waals surface area contributed by atoms with E-state index in [1.807, 2.05) is 11.8 Å². The average molecular weight is 295 g/mol. The SMILES string of the molecule is CCCOc1cccc(N2CCOC(CN)C2)c1[N+](=O)[O-]. The van der Waals surface area contributed by atoms with E-state index in [1.165, 1.54) is 0 Å². The molecule has 2 N–H and O–H groups in total. The summed E-state index contributed by atoms with van der Waals surface area (Å²) in [5, 5.41) is 11.4. The molecule has 1 fully saturated rings. The van der Waals surface area contributed by atoms with Gasteiger partial charge in [0.1, 0.15) is 5.69 Å². The van der Waals surface area contributed by atoms with Gasteiger partial charge in [0.2, 0.25) is 0 Å². The first-order valence-electron chi connectivity index (χ1n) is 7.14. The van der Waals surface area contributed by atoms with Crippen LogP contribution in [0.3, 0.4) is 0 Å². The van der Waals surface area contributed by atoms with Gasteiger partial charge >= 0.3 is 5.69 Å². The Morgan fingerprint density at radius 1 is 1.57 bits per heavy atom. The number of morpholine rings is 1. The van der Waals surface area contributed by atoms with Gasteiger partial charge in [-0.05, 0) is 18.6 Å². The molecule has 1 aliphatic rings. The van der Waals surface area contributed by atoms with Crippen LogP contribution in [0.2, 0.25) is 0 Å². The summed E-state index contributed by atoms with van der Waals surface area (Å²) < 4.78 is 11.0. The van der Waals surface area contributed by atoms with Crippen LogP contribution < -0.4 is 15.4 Å². The molecule has 116 valence electrons. The molecule has 1 heterocycles. The van der Waals surface area contributed by atoms with Gasteiger partial charge in [-0.1, -0.05) is 13.0 Å². The van der Waals surface area contributed by atoms with Crippen molar-refractivity contribution in [2.45, 2.75) is 19.4 Å². The minimum Gasteiger partial charge on any atom is -0.487 e. The van der Waals surface area contributed by atoms with Gasteiger partial charge < -0.3 is 20.1 Å². The lowest BCUT2D eigenvalue weighted by atomic mass is 10.2. The van der Waals surface area contributed by atoms with Gasteiger partial charge in [-0.3, -0.25) is 10.1 Å². The van der Waals surface area contributed by atoms with Crippen molar-refractivity contribution >= 4 is 11.4 Å². The number of rotatable bonds is 6. The molecule has 1 unspecified atom stereocenters. The predicted octanol–water partition coefficient (Wildman–Crippen LogP) is 1.55. The largest absolute Gasteiger partial charge is 0.487 e. The molecule has 7 nitrogen and oxygen atoms in total. The van der Waals surface area contributed by atoms with Crippen LogP contribution >= 0.6 is 0 Å². The molecule has 2 rings (SSSR count). The van der Waals surface area contributed by atoms with Crippen LogP contribution in [-0.4, -0.2) is 43.9 Å². The minimum absolute atomic E-state index is 0.0172. The molecule has 1 saturated heterocycles. The second-order valence-corrected chi connectivity index (χ2v) is 4.90. The molecule has 1 aromatic carbocycles. The van der Waals surface area contributed by atoms with E-state index in [-0.39, 0.29) is 16.7 Å². The van der Waals surface area contributed by atoms with Gasteiger partial charge in [0.25, 0.3) is 0 Å². The number of nitro benzene ring substituents is 1. The van der Waals surface area contributed by atoms with Crippen LogP contribution in [0.15, 0.2) is 18.2 Å². The number of anilines is 1. The van der Waals surface area contributed by atoms with Crippen LogP contribution in [0.1, 0.15) is 13.3 Å². The zero-order chi connectivity index (χ0) is 15.2. The average Bonchev–Trinajstić information content (AvgIpc) is 2.52. The number of ether oxygens (including phenoxy) is 2. The predicted molar refractivity (Wildman–Crippen MR) is 79.9 cm³/mol. The van der Waals surface area contributed by atoms with Crippen molar-refractivity contribution in [3.8, 4) is 5.75 Å². The Morgan fingerprint density at radius 3 is 3.05 bits per heavy atom. The molecule has 7 heteroatoms. The Kier molecular flexibility index (Phi) is 5.35. The molecule has 21 heavy (non-hydrogen) atoms. The van der Waals surface area contributed by atoms with E-state index in [4.69, 9.17) is 15.2 Å². The number of hydrogen-bond donors (Lipinski definition) is 1. The third-order valence-electron chi connectivity index (χ3n) is 3.36. The standard InChI is InChI=1S/C14H21N3O4/c1-2-7-21-13-5-3-4-12(14(13)17(18)19)16-6-8-20-11(9-15)10-16/h3-5,11H,2,6-10,15H2,1H3. The Balaban J connectivity index is 2.31. The molecule has 0 radical (unpaired) electrons. The Labute approximate surface area is 123 Å². The molecular weight excluding hydrogens is 274 g/mol. The second kappa shape index (κ2) is 7.24. The van der Waals surface area contributed by atoms with E-state index in [9.17, 15) is 10.1 Å². The molecular formula is C14H21N3O4. The van der Waals surface area contributed by atoms with E-state index in [1.54, 1.807) is 18.2 Å². The number of para-hydroxylation sites is 1. The summed E-state index contributed by atoms with van der Waals surface area (Å²) in [7, 11) is 0. The van der Waals surface area contributed by atoms with Crippen LogP contribution in [0.25, 0.3) is 0 Å². The highest BCUT2D eigenvalue weighted by molar-refractivity contribution is 5.70. The van der Waals surface area contributed by atoms with E-state index >= 15 is 0 Å². The maximum atomic E-state index is 11.4. The van der Waals surface area contributed by atoms with Crippen LogP contribution in [-0.2, 0) is 4.74 Å². The molecule has 1 aliphatic heterocycles. The summed E-state index contributed by atoms with van der Waals surface area (Å²) in [4.78, 5) is 13.0. The maximum absolute atomic E-state index is 11.4. The van der Waals surface area contributed by atoms with Crippen LogP contribution in [0.5, 0.6) is 5.75 Å². The number of benzene rings is 1. The van der Waals surface area contributed by atoms with Gasteiger partial charge in [0.05, 0.1) is 24.2 Å². The van der Waals surface area contributed by atoms with Crippen molar-refractivity contribution in [2.75, 3.05) is 37.7 Å². The highest BCUT2D eigenvalue weighted by atomic mass is 16.6. The molecule has 0 aromatic heterocycles. The molecule has 0 aliphatic carbocycles. The van der Waals surface area contributed by atoms with E-state index in [0.717, 1.165) is 6.42 Å². The summed E-state index contributed by atoms with van der Waals surface area (Å²) in [5.74, 6) is 0.315. The third-order valence-corrected chi connectivity index (χ3v) is 3.36. The first-order valence-corrected chi connectivity index (χ1v) is 7.14. The fourth-order valence-electron chi connectivity index (χ4n) is 2.36. The summed E-state index contributed by atoms with van der Waals surface area (Å²) in [6, 6.07) is 5.16. The Hall–Kier alpha value is -1.86. The lowest BCUT2D eigenvalue weighted by Gasteiger charge is -2.33. The van der Waals surface area contributed by atoms with Crippen LogP contribution in [0, 0.1) is 10.1 Å². The topological polar surface area (TPSA) is 90.9 Å². The highest BCUT2D eigenvalue weighted by Gasteiger charge is 2.28. The van der Waals surface area contributed by atoms with Gasteiger partial charge in [-0.2, -0.15) is 0 Å². The van der Waals surface area contributed by atoms with Crippen molar-refractivity contribution in [3.63, 3.8) is 0 Å². The molecule has 1 atom stereocenters. The first kappa shape index (κ1) is 15.5. The van der Waals surface area contributed by atoms with E-state index in [0.29, 0.717) is 44.3 Å². The van der Waals surface area contributed by atoms with Crippen LogP contribution in [0.4, 0.5) is 11.4 Å². The first-order chi connectivity index (χ1) is 10.2. The minimum atomic E-state index is -0.382. The third kappa shape index (κ3) is 3.62. The van der Waals surface area contributed by atoms with Gasteiger partial charge in [-0.25, -0.2) is 0 Å². The Morgan fingerprint density at radius 2 is 2.38 bits per heavy atom. The van der Waals surface area contributed by atoms with Crippen molar-refractivity contribution in [2.24, 2.45) is 5.73 Å². The summed E-state index contributed by atoms with van der Waals surface area (Å²) in [5.41, 5.74) is 6.21. The summed E-state index contributed by atoms with van der Waals surface area (Å²) in [6.07, 6.45) is 0.701.